The molecule has 0 spiro atoms. The van der Waals surface area contributed by atoms with Crippen LogP contribution in [-0.4, -0.2) is 32.3 Å². The van der Waals surface area contributed by atoms with Crippen LogP contribution in [0.15, 0.2) is 47.3 Å². The highest BCUT2D eigenvalue weighted by Crippen LogP contribution is 2.33. The number of aryl methyl sites for hydroxylation is 1. The minimum atomic E-state index is -0.172. The molecule has 4 rings (SSSR count). The number of aromatic nitrogens is 3. The third kappa shape index (κ3) is 3.85. The first-order chi connectivity index (χ1) is 13.1. The van der Waals surface area contributed by atoms with Gasteiger partial charge in [0.2, 0.25) is 5.89 Å². The Bertz CT molecular complexity index is 955. The van der Waals surface area contributed by atoms with E-state index in [-0.39, 0.29) is 11.9 Å². The number of halogens is 1. The Hall–Kier alpha value is -2.73. The molecule has 1 atom stereocenters. The summed E-state index contributed by atoms with van der Waals surface area (Å²) >= 11 is 6.04. The van der Waals surface area contributed by atoms with E-state index in [9.17, 15) is 4.79 Å². The van der Waals surface area contributed by atoms with E-state index in [0.717, 1.165) is 29.9 Å². The molecule has 27 heavy (non-hydrogen) atoms. The molecule has 1 aromatic carbocycles. The van der Waals surface area contributed by atoms with E-state index in [1.807, 2.05) is 31.2 Å². The van der Waals surface area contributed by atoms with Gasteiger partial charge in [-0.2, -0.15) is 0 Å². The first-order valence-electron chi connectivity index (χ1n) is 8.89. The zero-order valence-corrected chi connectivity index (χ0v) is 15.7. The summed E-state index contributed by atoms with van der Waals surface area (Å²) in [6, 6.07) is 7.48. The Kier molecular flexibility index (Phi) is 4.90. The maximum absolute atomic E-state index is 12.8. The third-order valence-electron chi connectivity index (χ3n) is 4.64. The van der Waals surface area contributed by atoms with Crippen molar-refractivity contribution in [2.45, 2.75) is 32.2 Å². The highest BCUT2D eigenvalue weighted by atomic mass is 35.5. The highest BCUT2D eigenvalue weighted by molar-refractivity contribution is 6.30. The van der Waals surface area contributed by atoms with Crippen molar-refractivity contribution >= 4 is 17.5 Å². The van der Waals surface area contributed by atoms with Gasteiger partial charge in [0, 0.05) is 24.2 Å². The van der Waals surface area contributed by atoms with E-state index in [0.29, 0.717) is 29.6 Å². The van der Waals surface area contributed by atoms with E-state index in [1.165, 1.54) is 6.20 Å². The van der Waals surface area contributed by atoms with Crippen LogP contribution in [0.1, 0.15) is 52.3 Å². The predicted molar refractivity (Wildman–Crippen MR) is 101 cm³/mol. The molecule has 7 heteroatoms. The van der Waals surface area contributed by atoms with Crippen molar-refractivity contribution < 1.29 is 9.21 Å². The van der Waals surface area contributed by atoms with Crippen LogP contribution in [0.25, 0.3) is 0 Å². The summed E-state index contributed by atoms with van der Waals surface area (Å²) in [5.41, 5.74) is 2.18. The summed E-state index contributed by atoms with van der Waals surface area (Å²) < 4.78 is 5.96. The lowest BCUT2D eigenvalue weighted by atomic mass is 10.1. The molecule has 0 N–H and O–H groups in total. The number of nitrogens with zero attached hydrogens (tertiary/aromatic N) is 4. The fourth-order valence-corrected chi connectivity index (χ4v) is 3.54. The van der Waals surface area contributed by atoms with Crippen molar-refractivity contribution in [3.8, 4) is 0 Å². The van der Waals surface area contributed by atoms with E-state index >= 15 is 0 Å². The van der Waals surface area contributed by atoms with Crippen LogP contribution in [0.5, 0.6) is 0 Å². The number of carbonyl (C=O) groups is 1. The molecule has 1 aliphatic heterocycles. The molecule has 3 aromatic rings. The number of hydrogen-bond donors (Lipinski definition) is 0. The molecule has 0 aliphatic carbocycles. The topological polar surface area (TPSA) is 72.1 Å². The number of hydrogen-bond acceptors (Lipinski definition) is 5. The van der Waals surface area contributed by atoms with E-state index in [4.69, 9.17) is 16.0 Å². The second-order valence-corrected chi connectivity index (χ2v) is 7.11. The molecular formula is C20H19ClN4O2. The van der Waals surface area contributed by atoms with Gasteiger partial charge in [-0.05, 0) is 37.5 Å². The van der Waals surface area contributed by atoms with Crippen LogP contribution in [-0.2, 0) is 6.42 Å². The second kappa shape index (κ2) is 7.48. The van der Waals surface area contributed by atoms with Crippen LogP contribution < -0.4 is 0 Å². The van der Waals surface area contributed by atoms with Gasteiger partial charge in [0.15, 0.2) is 0 Å². The largest absolute Gasteiger partial charge is 0.443 e. The highest BCUT2D eigenvalue weighted by Gasteiger charge is 2.34. The van der Waals surface area contributed by atoms with Crippen molar-refractivity contribution in [1.29, 1.82) is 0 Å². The maximum atomic E-state index is 12.8. The lowest BCUT2D eigenvalue weighted by Crippen LogP contribution is -2.31. The van der Waals surface area contributed by atoms with Crippen LogP contribution in [0.2, 0.25) is 5.02 Å². The zero-order valence-electron chi connectivity index (χ0n) is 14.9. The van der Waals surface area contributed by atoms with Gasteiger partial charge < -0.3 is 9.32 Å². The summed E-state index contributed by atoms with van der Waals surface area (Å²) in [6.07, 6.45) is 7.18. The molecule has 1 aliphatic rings. The zero-order chi connectivity index (χ0) is 18.8. The summed E-state index contributed by atoms with van der Waals surface area (Å²) in [5, 5.41) is 0.694. The number of carbonyl (C=O) groups excluding carboxylic acids is 1. The fraction of sp³-hybridized carbons (Fsp3) is 0.300. The average molecular weight is 383 g/mol. The molecule has 6 nitrogen and oxygen atoms in total. The molecule has 3 heterocycles. The third-order valence-corrected chi connectivity index (χ3v) is 4.87. The monoisotopic (exact) mass is 382 g/mol. The molecule has 1 fully saturated rings. The number of benzene rings is 1. The van der Waals surface area contributed by atoms with Crippen LogP contribution in [0.4, 0.5) is 0 Å². The minimum absolute atomic E-state index is 0.139. The normalized spacial score (nSPS) is 16.7. The molecule has 0 radical (unpaired) electrons. The van der Waals surface area contributed by atoms with Crippen LogP contribution in [0.3, 0.4) is 0 Å². The summed E-state index contributed by atoms with van der Waals surface area (Å²) in [5.74, 6) is 1.18. The Balaban J connectivity index is 1.51. The molecule has 0 saturated carbocycles. The van der Waals surface area contributed by atoms with Crippen molar-refractivity contribution in [2.24, 2.45) is 0 Å². The van der Waals surface area contributed by atoms with Crippen LogP contribution >= 0.6 is 11.6 Å². The first kappa shape index (κ1) is 17.7. The smallest absolute Gasteiger partial charge is 0.274 e. The van der Waals surface area contributed by atoms with Gasteiger partial charge in [-0.15, -0.1) is 0 Å². The van der Waals surface area contributed by atoms with Crippen molar-refractivity contribution in [3.63, 3.8) is 0 Å². The Labute approximate surface area is 162 Å². The van der Waals surface area contributed by atoms with E-state index in [2.05, 4.69) is 15.0 Å². The fourth-order valence-electron chi connectivity index (χ4n) is 3.32. The Morgan fingerprint density at radius 3 is 2.93 bits per heavy atom. The van der Waals surface area contributed by atoms with Crippen molar-refractivity contribution in [3.05, 3.63) is 76.5 Å². The van der Waals surface area contributed by atoms with Crippen LogP contribution in [0, 0.1) is 6.92 Å². The molecule has 0 bridgehead atoms. The van der Waals surface area contributed by atoms with Gasteiger partial charge in [0.1, 0.15) is 17.5 Å². The Morgan fingerprint density at radius 2 is 2.15 bits per heavy atom. The van der Waals surface area contributed by atoms with Gasteiger partial charge in [-0.25, -0.2) is 9.97 Å². The standard InChI is InChI=1S/C20H19ClN4O2/c1-13-10-23-17(12-22-13)20(26)25-7-3-6-18(25)19-24-11-16(27-19)9-14-4-2-5-15(21)8-14/h2,4-5,8,10-12,18H,3,6-7,9H2,1H3/t18-/m0/s1. The number of likely N-dealkylation sites (tertiary alicyclic amines) is 1. The molecule has 1 saturated heterocycles. The number of rotatable bonds is 4. The number of amides is 1. The molecule has 0 unspecified atom stereocenters. The SMILES string of the molecule is Cc1cnc(C(=O)N2CCC[C@H]2c2ncc(Cc3cccc(Cl)c3)o2)cn1. The predicted octanol–water partition coefficient (Wildman–Crippen LogP) is 3.99. The van der Waals surface area contributed by atoms with Crippen molar-refractivity contribution in [1.82, 2.24) is 19.9 Å². The quantitative estimate of drug-likeness (QED) is 0.682. The summed E-state index contributed by atoms with van der Waals surface area (Å²) in [7, 11) is 0. The lowest BCUT2D eigenvalue weighted by molar-refractivity contribution is 0.0708. The Morgan fingerprint density at radius 1 is 1.26 bits per heavy atom. The molecule has 138 valence electrons. The second-order valence-electron chi connectivity index (χ2n) is 6.67. The number of oxazole rings is 1. The summed E-state index contributed by atoms with van der Waals surface area (Å²) in [4.78, 5) is 27.4. The molecule has 1 amide bonds. The minimum Gasteiger partial charge on any atom is -0.443 e. The molecular weight excluding hydrogens is 364 g/mol. The van der Waals surface area contributed by atoms with Gasteiger partial charge in [0.05, 0.1) is 18.1 Å². The van der Waals surface area contributed by atoms with Gasteiger partial charge in [-0.3, -0.25) is 9.78 Å². The summed E-state index contributed by atoms with van der Waals surface area (Å²) in [6.45, 7) is 2.50. The van der Waals surface area contributed by atoms with Gasteiger partial charge in [0.25, 0.3) is 5.91 Å². The van der Waals surface area contributed by atoms with Gasteiger partial charge in [-0.1, -0.05) is 23.7 Å². The van der Waals surface area contributed by atoms with E-state index in [1.54, 1.807) is 17.3 Å². The molecule has 2 aromatic heterocycles. The van der Waals surface area contributed by atoms with E-state index < -0.39 is 0 Å². The van der Waals surface area contributed by atoms with Crippen molar-refractivity contribution in [2.75, 3.05) is 6.54 Å². The average Bonchev–Trinajstić information content (AvgIpc) is 3.31. The lowest BCUT2D eigenvalue weighted by Gasteiger charge is -2.21. The first-order valence-corrected chi connectivity index (χ1v) is 9.26. The van der Waals surface area contributed by atoms with Gasteiger partial charge >= 0.3 is 0 Å². The maximum Gasteiger partial charge on any atom is 0.274 e.